The molecule has 1 saturated carbocycles. The summed E-state index contributed by atoms with van der Waals surface area (Å²) in [5.41, 5.74) is 16.4. The minimum Gasteiger partial charge on any atom is -0.331 e. The number of carbonyl (C=O) groups is 6. The molecule has 1 saturated heterocycles. The minimum atomic E-state index is -2.45. The van der Waals surface area contributed by atoms with E-state index in [0.29, 0.717) is 90.3 Å². The van der Waals surface area contributed by atoms with Crippen LogP contribution in [0.25, 0.3) is 88.1 Å². The van der Waals surface area contributed by atoms with Crippen molar-refractivity contribution in [2.24, 2.45) is 5.92 Å². The minimum absolute atomic E-state index is 0.0150. The van der Waals surface area contributed by atoms with Crippen LogP contribution in [0.1, 0.15) is 85.2 Å². The van der Waals surface area contributed by atoms with E-state index < -0.39 is 50.6 Å². The summed E-state index contributed by atoms with van der Waals surface area (Å²) in [7, 11) is -2.44. The number of amides is 7. The Morgan fingerprint density at radius 1 is 0.353 bits per heavy atom. The molecule has 4 aromatic carbocycles. The fourth-order valence-electron chi connectivity index (χ4n) is 14.6. The summed E-state index contributed by atoms with van der Waals surface area (Å²) in [5.74, 6) is 14.3. The Hall–Kier alpha value is -16.2. The lowest BCUT2D eigenvalue weighted by atomic mass is 10.0. The van der Waals surface area contributed by atoms with Gasteiger partial charge < -0.3 is 41.7 Å². The average molecular weight is 1950 g/mol. The molecule has 139 heavy (non-hydrogen) atoms. The predicted molar refractivity (Wildman–Crippen MR) is 556 cm³/mol. The number of piperidine rings is 1. The normalized spacial score (nSPS) is 14.1. The first-order valence-corrected chi connectivity index (χ1v) is 51.8. The van der Waals surface area contributed by atoms with E-state index in [2.05, 4.69) is 177 Å². The number of urea groups is 1. The molecule has 4 unspecified atom stereocenters. The molecule has 14 N–H and O–H groups in total. The highest BCUT2D eigenvalue weighted by Crippen LogP contribution is 2.35. The lowest BCUT2D eigenvalue weighted by Crippen LogP contribution is -2.29. The third-order valence-electron chi connectivity index (χ3n) is 21.1. The quantitative estimate of drug-likeness (QED) is 0.0213. The molecule has 43 heteroatoms. The van der Waals surface area contributed by atoms with Gasteiger partial charge in [-0.15, -0.1) is 0 Å². The van der Waals surface area contributed by atoms with Gasteiger partial charge in [0.05, 0.1) is 93.4 Å². The molecular weight excluding hydrogens is 1850 g/mol. The number of H-pyrrole nitrogens is 4. The first-order valence-electron chi connectivity index (χ1n) is 43.2. The molecule has 0 radical (unpaired) electrons. The van der Waals surface area contributed by atoms with E-state index in [4.69, 9.17) is 0 Å². The van der Waals surface area contributed by atoms with E-state index in [1.807, 2.05) is 118 Å². The van der Waals surface area contributed by atoms with Crippen molar-refractivity contribution in [2.45, 2.75) is 45.2 Å². The van der Waals surface area contributed by atoms with Gasteiger partial charge in [0.25, 0.3) is 23.6 Å². The zero-order valence-electron chi connectivity index (χ0n) is 77.0. The largest absolute Gasteiger partial charge is 0.331 e. The Labute approximate surface area is 801 Å². The fourth-order valence-corrected chi connectivity index (χ4v) is 16.8. The molecule has 0 bridgehead atoms. The highest BCUT2D eigenvalue weighted by molar-refractivity contribution is 8.01. The number of likely N-dealkylation sites (tertiary alicyclic amines) is 1. The summed E-state index contributed by atoms with van der Waals surface area (Å²) >= 11 is 0. The van der Waals surface area contributed by atoms with Gasteiger partial charge >= 0.3 is 6.03 Å². The van der Waals surface area contributed by atoms with Crippen LogP contribution in [0, 0.1) is 5.92 Å². The number of rotatable bonds is 27. The number of anilines is 10. The van der Waals surface area contributed by atoms with E-state index >= 15 is 0 Å². The third kappa shape index (κ3) is 26.9. The van der Waals surface area contributed by atoms with E-state index in [0.717, 1.165) is 106 Å². The zero-order valence-corrected chi connectivity index (χ0v) is 80.2. The van der Waals surface area contributed by atoms with Crippen LogP contribution in [0.2, 0.25) is 0 Å². The van der Waals surface area contributed by atoms with Gasteiger partial charge in [-0.2, -0.15) is 20.4 Å². The van der Waals surface area contributed by atoms with Gasteiger partial charge in [0.15, 0.2) is 22.8 Å². The molecule has 0 spiro atoms. The molecule has 18 rings (SSSR count). The van der Waals surface area contributed by atoms with Crippen LogP contribution in [-0.2, 0) is 56.7 Å². The number of benzene rings is 4. The number of aromatic nitrogens is 16. The van der Waals surface area contributed by atoms with E-state index in [1.54, 1.807) is 93.5 Å². The Kier molecular flexibility index (Phi) is 29.7. The number of aromatic amines is 4. The van der Waals surface area contributed by atoms with Gasteiger partial charge in [0, 0.05) is 178 Å². The highest BCUT2D eigenvalue weighted by Gasteiger charge is 2.30. The first-order chi connectivity index (χ1) is 66.3. The van der Waals surface area contributed by atoms with Crippen LogP contribution in [0.15, 0.2) is 220 Å². The fraction of sp³-hybridized carbons (Fsp3) is 0.188. The second-order valence-electron chi connectivity index (χ2n) is 34.1. The summed E-state index contributed by atoms with van der Waals surface area (Å²) in [6.45, 7) is 3.95. The number of carbonyl (C=O) groups excluding carboxylic acids is 6. The van der Waals surface area contributed by atoms with Crippen molar-refractivity contribution in [3.8, 4) is 44.5 Å². The molecule has 1 aliphatic carbocycles. The number of nitrogens with zero attached hydrogens (tertiary/aromatic N) is 15. The smallest absolute Gasteiger partial charge is 0.321 e. The Bertz CT molecular complexity index is 7560. The van der Waals surface area contributed by atoms with Gasteiger partial charge in [-0.1, -0.05) is 30.7 Å². The van der Waals surface area contributed by atoms with Crippen LogP contribution in [-0.4, -0.2) is 238 Å². The maximum atomic E-state index is 13.0. The van der Waals surface area contributed by atoms with Crippen LogP contribution in [0.3, 0.4) is 0 Å². The van der Waals surface area contributed by atoms with Crippen LogP contribution < -0.4 is 50.8 Å². The predicted octanol–water partition coefficient (Wildman–Crippen LogP) is 13.3. The first kappa shape index (κ1) is 97.3. The summed E-state index contributed by atoms with van der Waals surface area (Å²) in [4.78, 5) is 116. The molecular formula is C96H101N29O10S4. The van der Waals surface area contributed by atoms with Gasteiger partial charge in [-0.05, 0) is 231 Å². The summed E-state index contributed by atoms with van der Waals surface area (Å²) in [6.07, 6.45) is 31.4. The monoisotopic (exact) mass is 1950 g/mol. The lowest BCUT2D eigenvalue weighted by molar-refractivity contribution is -0.117. The molecule has 4 atom stereocenters. The third-order valence-corrected chi connectivity index (χ3v) is 23.7. The van der Waals surface area contributed by atoms with Crippen molar-refractivity contribution in [2.75, 3.05) is 117 Å². The lowest BCUT2D eigenvalue weighted by Gasteiger charge is -2.26. The zero-order chi connectivity index (χ0) is 98.5. The summed E-state index contributed by atoms with van der Waals surface area (Å²) in [6, 6.07) is 43.6. The number of hydrogen-bond donors (Lipinski definition) is 14. The maximum Gasteiger partial charge on any atom is 0.321 e. The number of hydrogen-bond acceptors (Lipinski definition) is 24. The molecule has 1 aliphatic heterocycles. The van der Waals surface area contributed by atoms with Crippen molar-refractivity contribution in [3.05, 3.63) is 254 Å². The van der Waals surface area contributed by atoms with E-state index in [1.165, 1.54) is 79.5 Å². The maximum absolute atomic E-state index is 13.0. The van der Waals surface area contributed by atoms with Crippen molar-refractivity contribution < 1.29 is 45.6 Å². The van der Waals surface area contributed by atoms with E-state index in [9.17, 15) is 45.6 Å². The number of fused-ring (bicyclic) bond motifs is 4. The second kappa shape index (κ2) is 42.4. The Morgan fingerprint density at radius 3 is 0.964 bits per heavy atom. The van der Waals surface area contributed by atoms with Crippen molar-refractivity contribution in [3.63, 3.8) is 0 Å². The molecule has 2 fully saturated rings. The standard InChI is InChI=1S/C26H29N7O2S.C24H23N7O3S.C23H24N8O3S.C23H25N7O2S/c1-36(2,35)32-24-9-7-21(16-28-24)29-26(34)25-22-13-19(6-8-23(22)30-31-25)20-12-18(14-27-15-20)17-33-10-4-3-5-11-33;1-35(2,34)31-21-8-6-17(13-26-21)27-24(33)22-19-10-15(5-7-20(19)29-30-22)16-9-18(12-25-11-16)28-23(32)14-3-4-14;1-31(2)23(33)27-17-9-15(11-24-12-17)14-5-7-19-18(10-14)21(29-28-19)22(32)26-16-6-8-20(25-13-16)30-35(3,4)34;1-30(2)14-15-9-17(12-24-11-15)16-5-7-20-19(10-16)22(28-27-20)23(31)26-18-6-8-21(25-13-18)29-33(3,4)32/h6-9,12-16H,1,3-5,10-11,17H2,2H3,(H,29,34)(H,30,31)(H,28,32,35);5-14H,1,3-4H2,2H3,(H,27,33)(H,28,32)(H,29,30)(H,26,31,34);5-13H,3H2,1-2,4H3,(H,26,32)(H,27,33)(H,28,29)(H,25,30,34);5-13H,3,14H2,1-2,4H3,(H,26,31)(H,27,28)(H,25,29,32). The molecule has 13 heterocycles. The van der Waals surface area contributed by atoms with Gasteiger partial charge in [0.1, 0.15) is 23.3 Å². The summed E-state index contributed by atoms with van der Waals surface area (Å²) < 4.78 is 57.9. The average Bonchev–Trinajstić information content (AvgIpc) is 1.67. The molecule has 12 aromatic heterocycles. The van der Waals surface area contributed by atoms with Crippen molar-refractivity contribution >= 4 is 199 Å². The Balaban J connectivity index is 0.000000140. The number of nitrogens with one attached hydrogen (secondary N) is 14. The number of pyridine rings is 8. The van der Waals surface area contributed by atoms with Crippen LogP contribution >= 0.6 is 0 Å². The second-order valence-corrected chi connectivity index (χ2v) is 42.9. The van der Waals surface area contributed by atoms with Crippen LogP contribution in [0.4, 0.5) is 62.2 Å². The molecule has 2 aliphatic rings. The van der Waals surface area contributed by atoms with Crippen molar-refractivity contribution in [1.29, 1.82) is 0 Å². The molecule has 39 nitrogen and oxygen atoms in total. The van der Waals surface area contributed by atoms with Crippen molar-refractivity contribution in [1.82, 2.24) is 95.4 Å². The van der Waals surface area contributed by atoms with Gasteiger partial charge in [-0.25, -0.2) is 41.6 Å². The molecule has 7 amide bonds. The van der Waals surface area contributed by atoms with Gasteiger partial charge in [0.2, 0.25) is 5.91 Å². The molecule has 16 aromatic rings. The Morgan fingerprint density at radius 2 is 0.662 bits per heavy atom. The van der Waals surface area contributed by atoms with Gasteiger partial charge in [-0.3, -0.25) is 88.1 Å². The SMILES string of the molecule is C=S(C)(=O)Nc1ccc(NC(=O)c2n[nH]c3ccc(-c4cncc(CN(C)C)c4)cc23)cn1.C=S(C)(=O)Nc1ccc(NC(=O)c2n[nH]c3ccc(-c4cncc(CN5CCCCC5)c4)cc23)cn1.C=S(C)(=O)Nc1ccc(NC(=O)c2n[nH]c3ccc(-c4cncc(NC(=O)C5CC5)c4)cc23)cn1.C=S(C)(=O)Nc1ccc(NC(=O)c2n[nH]c3ccc(-c4cncc(NC(=O)N(C)C)c4)cc23)cn1. The van der Waals surface area contributed by atoms with Crippen LogP contribution in [0.5, 0.6) is 0 Å². The van der Waals surface area contributed by atoms with E-state index in [-0.39, 0.29) is 46.8 Å². The highest BCUT2D eigenvalue weighted by atomic mass is 32.2. The summed E-state index contributed by atoms with van der Waals surface area (Å²) in [5, 5.41) is 47.9. The topological polar surface area (TPSA) is 519 Å². The molecule has 714 valence electrons.